The van der Waals surface area contributed by atoms with E-state index in [4.69, 9.17) is 4.74 Å². The Morgan fingerprint density at radius 1 is 1.05 bits per heavy atom. The van der Waals surface area contributed by atoms with E-state index in [0.29, 0.717) is 0 Å². The summed E-state index contributed by atoms with van der Waals surface area (Å²) in [7, 11) is 0. The lowest BCUT2D eigenvalue weighted by Crippen LogP contribution is -2.35. The standard InChI is InChI=1S/C16H15N2O2S2/c1-2-20-16(19)18(13-17,21-14-9-5-3-6-10-14)22-15-11-7-4-8-12-15/h3-12H,2H2,1H3/q+1. The van der Waals surface area contributed by atoms with E-state index in [1.54, 1.807) is 6.92 Å². The third-order valence-electron chi connectivity index (χ3n) is 2.59. The normalized spacial score (nSPS) is 10.7. The van der Waals surface area contributed by atoms with E-state index >= 15 is 0 Å². The van der Waals surface area contributed by atoms with Crippen LogP contribution in [0.4, 0.5) is 4.79 Å². The van der Waals surface area contributed by atoms with Gasteiger partial charge in [-0.05, 0) is 31.2 Å². The van der Waals surface area contributed by atoms with Gasteiger partial charge in [-0.3, -0.25) is 0 Å². The summed E-state index contributed by atoms with van der Waals surface area (Å²) in [5, 5.41) is 9.68. The lowest BCUT2D eigenvalue weighted by atomic mass is 10.4. The molecule has 4 nitrogen and oxygen atoms in total. The van der Waals surface area contributed by atoms with E-state index in [1.165, 1.54) is 0 Å². The summed E-state index contributed by atoms with van der Waals surface area (Å²) in [6.07, 6.45) is 1.50. The van der Waals surface area contributed by atoms with Gasteiger partial charge in [-0.25, -0.2) is 0 Å². The fourth-order valence-corrected chi connectivity index (χ4v) is 3.80. The molecule has 0 saturated heterocycles. The van der Waals surface area contributed by atoms with Crippen molar-refractivity contribution in [2.75, 3.05) is 6.61 Å². The molecule has 2 aromatic rings. The maximum Gasteiger partial charge on any atom is 0.556 e. The van der Waals surface area contributed by atoms with Crippen LogP contribution in [0.25, 0.3) is 0 Å². The van der Waals surface area contributed by atoms with Crippen molar-refractivity contribution in [3.63, 3.8) is 0 Å². The molecule has 0 atom stereocenters. The van der Waals surface area contributed by atoms with Crippen molar-refractivity contribution in [1.82, 2.24) is 0 Å². The molecular formula is C16H15N2O2S2+. The van der Waals surface area contributed by atoms with Gasteiger partial charge in [0.15, 0.2) is 23.9 Å². The Hall–Kier alpha value is -1.94. The number of amides is 1. The Morgan fingerprint density at radius 2 is 1.50 bits per heavy atom. The summed E-state index contributed by atoms with van der Waals surface area (Å²) in [4.78, 5) is 14.0. The highest BCUT2D eigenvalue weighted by Crippen LogP contribution is 2.43. The van der Waals surface area contributed by atoms with Crippen LogP contribution >= 0.6 is 23.9 Å². The molecule has 0 aliphatic carbocycles. The zero-order valence-electron chi connectivity index (χ0n) is 12.0. The van der Waals surface area contributed by atoms with Crippen LogP contribution < -0.4 is 0 Å². The van der Waals surface area contributed by atoms with Crippen molar-refractivity contribution in [1.29, 1.82) is 5.26 Å². The average Bonchev–Trinajstić information content (AvgIpc) is 2.56. The quantitative estimate of drug-likeness (QED) is 0.445. The fourth-order valence-electron chi connectivity index (χ4n) is 1.64. The summed E-state index contributed by atoms with van der Waals surface area (Å²) >= 11 is 2.29. The smallest absolute Gasteiger partial charge is 0.418 e. The van der Waals surface area contributed by atoms with Crippen LogP contribution in [0.5, 0.6) is 0 Å². The largest absolute Gasteiger partial charge is 0.556 e. The van der Waals surface area contributed by atoms with Crippen molar-refractivity contribution in [2.24, 2.45) is 0 Å². The second kappa shape index (κ2) is 7.90. The van der Waals surface area contributed by atoms with E-state index in [-0.39, 0.29) is 6.61 Å². The van der Waals surface area contributed by atoms with Crippen molar-refractivity contribution in [3.8, 4) is 6.19 Å². The van der Waals surface area contributed by atoms with Crippen LogP contribution in [0.3, 0.4) is 0 Å². The molecule has 0 heterocycles. The molecule has 2 aromatic carbocycles. The minimum absolute atomic E-state index is 0.227. The van der Waals surface area contributed by atoms with Gasteiger partial charge in [0.2, 0.25) is 0 Å². The van der Waals surface area contributed by atoms with Crippen LogP contribution in [0.1, 0.15) is 6.92 Å². The SMILES string of the molecule is CCOC(=O)[N+](C#N)(Sc1ccccc1)Sc1ccccc1. The predicted molar refractivity (Wildman–Crippen MR) is 87.5 cm³/mol. The van der Waals surface area contributed by atoms with Crippen LogP contribution in [-0.2, 0) is 4.74 Å². The molecule has 0 aliphatic rings. The van der Waals surface area contributed by atoms with Gasteiger partial charge in [0.25, 0.3) is 0 Å². The molecule has 0 radical (unpaired) electrons. The first-order valence-corrected chi connectivity index (χ1v) is 8.22. The van der Waals surface area contributed by atoms with Gasteiger partial charge in [-0.1, -0.05) is 36.4 Å². The molecule has 6 heteroatoms. The maximum absolute atomic E-state index is 12.4. The molecule has 112 valence electrons. The van der Waals surface area contributed by atoms with Crippen LogP contribution in [-0.4, -0.2) is 16.0 Å². The molecule has 2 rings (SSSR count). The molecule has 0 spiro atoms. The maximum atomic E-state index is 12.4. The summed E-state index contributed by atoms with van der Waals surface area (Å²) in [5.74, 6) is 0. The third-order valence-corrected chi connectivity index (χ3v) is 4.98. The van der Waals surface area contributed by atoms with Gasteiger partial charge >= 0.3 is 12.3 Å². The molecule has 0 aliphatic heterocycles. The van der Waals surface area contributed by atoms with Gasteiger partial charge in [0.05, 0.1) is 16.4 Å². The second-order valence-corrected chi connectivity index (χ2v) is 6.79. The van der Waals surface area contributed by atoms with Crippen LogP contribution in [0.15, 0.2) is 70.5 Å². The Bertz CT molecular complexity index is 615. The number of benzene rings is 2. The zero-order valence-corrected chi connectivity index (χ0v) is 13.6. The number of hydrogen-bond acceptors (Lipinski definition) is 5. The fraction of sp³-hybridized carbons (Fsp3) is 0.125. The number of nitrogens with zero attached hydrogens (tertiary/aromatic N) is 2. The van der Waals surface area contributed by atoms with E-state index in [2.05, 4.69) is 6.19 Å². The van der Waals surface area contributed by atoms with Gasteiger partial charge < -0.3 is 4.74 Å². The third kappa shape index (κ3) is 4.04. The first kappa shape index (κ1) is 16.4. The Kier molecular flexibility index (Phi) is 5.90. The van der Waals surface area contributed by atoms with Gasteiger partial charge in [-0.15, -0.1) is 5.26 Å². The topological polar surface area (TPSA) is 50.1 Å². The highest BCUT2D eigenvalue weighted by atomic mass is 32.2. The molecule has 0 N–H and O–H groups in total. The van der Waals surface area contributed by atoms with E-state index in [0.717, 1.165) is 33.7 Å². The second-order valence-electron chi connectivity index (χ2n) is 4.16. The first-order chi connectivity index (χ1) is 10.7. The molecule has 0 saturated carbocycles. The number of rotatable bonds is 5. The van der Waals surface area contributed by atoms with E-state index in [1.807, 2.05) is 60.7 Å². The predicted octanol–water partition coefficient (Wildman–Crippen LogP) is 4.86. The van der Waals surface area contributed by atoms with Gasteiger partial charge in [0.1, 0.15) is 0 Å². The molecule has 0 bridgehead atoms. The lowest BCUT2D eigenvalue weighted by molar-refractivity contribution is -0.480. The number of carbonyl (C=O) groups is 1. The monoisotopic (exact) mass is 331 g/mol. The average molecular weight is 331 g/mol. The molecule has 1 amide bonds. The molecule has 0 unspecified atom stereocenters. The lowest BCUT2D eigenvalue weighted by Gasteiger charge is -2.19. The summed E-state index contributed by atoms with van der Waals surface area (Å²) < 4.78 is 4.53. The number of nitriles is 1. The molecule has 0 fully saturated rings. The number of hydrogen-bond donors (Lipinski definition) is 0. The summed E-state index contributed by atoms with van der Waals surface area (Å²) in [6, 6.07) is 18.7. The minimum Gasteiger partial charge on any atom is -0.418 e. The Balaban J connectivity index is 2.34. The summed E-state index contributed by atoms with van der Waals surface area (Å²) in [5.41, 5.74) is 0. The van der Waals surface area contributed by atoms with E-state index < -0.39 is 9.39 Å². The molecule has 22 heavy (non-hydrogen) atoms. The van der Waals surface area contributed by atoms with Crippen molar-refractivity contribution in [3.05, 3.63) is 60.7 Å². The number of carbonyl (C=O) groups excluding carboxylic acids is 1. The molecular weight excluding hydrogens is 316 g/mol. The Labute approximate surface area is 138 Å². The zero-order chi connectivity index (χ0) is 15.8. The highest BCUT2D eigenvalue weighted by molar-refractivity contribution is 8.07. The highest BCUT2D eigenvalue weighted by Gasteiger charge is 2.46. The molecule has 0 aromatic heterocycles. The minimum atomic E-state index is -0.590. The van der Waals surface area contributed by atoms with E-state index in [9.17, 15) is 10.1 Å². The van der Waals surface area contributed by atoms with Crippen LogP contribution in [0.2, 0.25) is 0 Å². The first-order valence-electron chi connectivity index (χ1n) is 6.67. The summed E-state index contributed by atoms with van der Waals surface area (Å²) in [6.45, 7) is 1.95. The number of ether oxygens (including phenoxy) is 1. The van der Waals surface area contributed by atoms with Crippen molar-refractivity contribution < 1.29 is 12.8 Å². The van der Waals surface area contributed by atoms with Crippen molar-refractivity contribution in [2.45, 2.75) is 16.7 Å². The van der Waals surface area contributed by atoms with Crippen LogP contribution in [0, 0.1) is 11.5 Å². The van der Waals surface area contributed by atoms with Gasteiger partial charge in [-0.2, -0.15) is 4.79 Å². The van der Waals surface area contributed by atoms with Gasteiger partial charge in [0, 0.05) is 3.29 Å². The van der Waals surface area contributed by atoms with Crippen molar-refractivity contribution >= 4 is 30.0 Å². The number of quaternary nitrogens is 1. The Morgan fingerprint density at radius 3 is 1.86 bits per heavy atom.